The van der Waals surface area contributed by atoms with E-state index in [2.05, 4.69) is 0 Å². The number of rotatable bonds is 6. The summed E-state index contributed by atoms with van der Waals surface area (Å²) in [5.74, 6) is -1.23. The molecular formula is C16H21FO4. The van der Waals surface area contributed by atoms with Crippen LogP contribution in [0.1, 0.15) is 50.2 Å². The lowest BCUT2D eigenvalue weighted by Crippen LogP contribution is -2.24. The smallest absolute Gasteiger partial charge is 0.303 e. The maximum Gasteiger partial charge on any atom is 0.303 e. The number of ether oxygens (including phenoxy) is 1. The van der Waals surface area contributed by atoms with Crippen molar-refractivity contribution in [2.75, 3.05) is 7.11 Å². The lowest BCUT2D eigenvalue weighted by Gasteiger charge is -2.30. The first-order valence-electron chi connectivity index (χ1n) is 7.19. The molecule has 1 aliphatic rings. The summed E-state index contributed by atoms with van der Waals surface area (Å²) < 4.78 is 18.6. The maximum atomic E-state index is 13.7. The molecule has 0 heterocycles. The number of aliphatic hydroxyl groups excluding tert-OH is 1. The summed E-state index contributed by atoms with van der Waals surface area (Å²) in [5, 5.41) is 19.4. The number of carbonyl (C=O) groups is 1. The van der Waals surface area contributed by atoms with E-state index in [1.807, 2.05) is 0 Å². The van der Waals surface area contributed by atoms with E-state index in [-0.39, 0.29) is 17.6 Å². The maximum absolute atomic E-state index is 13.7. The Hall–Kier alpha value is -1.62. The minimum atomic E-state index is -0.858. The Morgan fingerprint density at radius 3 is 2.62 bits per heavy atom. The first-order valence-corrected chi connectivity index (χ1v) is 7.19. The summed E-state index contributed by atoms with van der Waals surface area (Å²) in [5.41, 5.74) is 0.0896. The Balaban J connectivity index is 2.13. The topological polar surface area (TPSA) is 66.8 Å². The Bertz CT molecular complexity index is 509. The molecule has 0 amide bonds. The van der Waals surface area contributed by atoms with Gasteiger partial charge in [0.15, 0.2) is 11.6 Å². The molecular weight excluding hydrogens is 275 g/mol. The fourth-order valence-corrected chi connectivity index (χ4v) is 3.32. The molecule has 1 aromatic rings. The van der Waals surface area contributed by atoms with Gasteiger partial charge in [-0.05, 0) is 42.4 Å². The van der Waals surface area contributed by atoms with Crippen LogP contribution < -0.4 is 4.74 Å². The van der Waals surface area contributed by atoms with E-state index in [1.54, 1.807) is 6.07 Å². The second kappa shape index (κ2) is 6.43. The highest BCUT2D eigenvalue weighted by atomic mass is 19.1. The molecule has 0 aliphatic heterocycles. The van der Waals surface area contributed by atoms with Crippen molar-refractivity contribution in [3.63, 3.8) is 0 Å². The zero-order valence-electron chi connectivity index (χ0n) is 12.1. The SMILES string of the molecule is COc1ccc(C(O)CC2(CC(=O)O)CCCC2)cc1F. The van der Waals surface area contributed by atoms with Gasteiger partial charge in [0.1, 0.15) is 0 Å². The van der Waals surface area contributed by atoms with Crippen molar-refractivity contribution in [1.82, 2.24) is 0 Å². The van der Waals surface area contributed by atoms with Crippen LogP contribution in [0, 0.1) is 11.2 Å². The van der Waals surface area contributed by atoms with E-state index in [0.717, 1.165) is 25.7 Å². The molecule has 1 saturated carbocycles. The molecule has 1 aliphatic carbocycles. The molecule has 4 nitrogen and oxygen atoms in total. The molecule has 1 atom stereocenters. The van der Waals surface area contributed by atoms with Gasteiger partial charge in [0.05, 0.1) is 19.6 Å². The predicted octanol–water partition coefficient (Wildman–Crippen LogP) is 3.29. The second-order valence-electron chi connectivity index (χ2n) is 5.89. The molecule has 0 aromatic heterocycles. The fraction of sp³-hybridized carbons (Fsp3) is 0.562. The fourth-order valence-electron chi connectivity index (χ4n) is 3.32. The summed E-state index contributed by atoms with van der Waals surface area (Å²) in [6.45, 7) is 0. The molecule has 2 N–H and O–H groups in total. The zero-order valence-corrected chi connectivity index (χ0v) is 12.1. The van der Waals surface area contributed by atoms with E-state index in [0.29, 0.717) is 12.0 Å². The van der Waals surface area contributed by atoms with Crippen LogP contribution >= 0.6 is 0 Å². The van der Waals surface area contributed by atoms with Crippen molar-refractivity contribution in [3.8, 4) is 5.75 Å². The molecule has 21 heavy (non-hydrogen) atoms. The molecule has 0 spiro atoms. The van der Waals surface area contributed by atoms with Crippen LogP contribution in [-0.2, 0) is 4.79 Å². The second-order valence-corrected chi connectivity index (χ2v) is 5.89. The Morgan fingerprint density at radius 2 is 2.10 bits per heavy atom. The minimum Gasteiger partial charge on any atom is -0.494 e. The summed E-state index contributed by atoms with van der Waals surface area (Å²) >= 11 is 0. The third kappa shape index (κ3) is 3.73. The van der Waals surface area contributed by atoms with Crippen LogP contribution in [0.3, 0.4) is 0 Å². The van der Waals surface area contributed by atoms with Gasteiger partial charge >= 0.3 is 5.97 Å². The average molecular weight is 296 g/mol. The summed E-state index contributed by atoms with van der Waals surface area (Å²) in [7, 11) is 1.38. The molecule has 5 heteroatoms. The van der Waals surface area contributed by atoms with Crippen LogP contribution in [0.5, 0.6) is 5.75 Å². The summed E-state index contributed by atoms with van der Waals surface area (Å²) in [6, 6.07) is 4.36. The highest BCUT2D eigenvalue weighted by Crippen LogP contribution is 2.47. The lowest BCUT2D eigenvalue weighted by atomic mass is 9.76. The average Bonchev–Trinajstić information content (AvgIpc) is 2.85. The monoisotopic (exact) mass is 296 g/mol. The van der Waals surface area contributed by atoms with Crippen LogP contribution in [-0.4, -0.2) is 23.3 Å². The van der Waals surface area contributed by atoms with Crippen molar-refractivity contribution < 1.29 is 24.1 Å². The van der Waals surface area contributed by atoms with Gasteiger partial charge < -0.3 is 14.9 Å². The first kappa shape index (κ1) is 15.8. The van der Waals surface area contributed by atoms with Gasteiger partial charge in [0.2, 0.25) is 0 Å². The highest BCUT2D eigenvalue weighted by Gasteiger charge is 2.38. The summed E-state index contributed by atoms with van der Waals surface area (Å²) in [6.07, 6.45) is 3.12. The number of methoxy groups -OCH3 is 1. The van der Waals surface area contributed by atoms with Gasteiger partial charge in [0.25, 0.3) is 0 Å². The molecule has 0 bridgehead atoms. The lowest BCUT2D eigenvalue weighted by molar-refractivity contribution is -0.140. The van der Waals surface area contributed by atoms with Crippen LogP contribution in [0.4, 0.5) is 4.39 Å². The van der Waals surface area contributed by atoms with E-state index in [1.165, 1.54) is 19.2 Å². The van der Waals surface area contributed by atoms with Gasteiger partial charge in [-0.1, -0.05) is 18.9 Å². The third-order valence-electron chi connectivity index (χ3n) is 4.38. The number of benzene rings is 1. The van der Waals surface area contributed by atoms with Gasteiger partial charge in [-0.3, -0.25) is 4.79 Å². The Kier molecular flexibility index (Phi) is 4.83. The quantitative estimate of drug-likeness (QED) is 0.845. The third-order valence-corrected chi connectivity index (χ3v) is 4.38. The number of halogens is 1. The largest absolute Gasteiger partial charge is 0.494 e. The molecule has 116 valence electrons. The number of carboxylic acids is 1. The standard InChI is InChI=1S/C16H21FO4/c1-21-14-5-4-11(8-12(14)17)13(18)9-16(10-15(19)20)6-2-3-7-16/h4-5,8,13,18H,2-3,6-7,9-10H2,1H3,(H,19,20). The van der Waals surface area contributed by atoms with E-state index in [4.69, 9.17) is 9.84 Å². The molecule has 0 saturated heterocycles. The predicted molar refractivity (Wildman–Crippen MR) is 75.7 cm³/mol. The van der Waals surface area contributed by atoms with Crippen molar-refractivity contribution in [2.24, 2.45) is 5.41 Å². The number of carboxylic acid groups (broad SMARTS) is 1. The number of aliphatic carboxylic acids is 1. The Labute approximate surface area is 123 Å². The zero-order chi connectivity index (χ0) is 15.5. The van der Waals surface area contributed by atoms with Gasteiger partial charge in [0, 0.05) is 0 Å². The van der Waals surface area contributed by atoms with Crippen molar-refractivity contribution >= 4 is 5.97 Å². The van der Waals surface area contributed by atoms with E-state index < -0.39 is 17.9 Å². The minimum absolute atomic E-state index is 0.0582. The van der Waals surface area contributed by atoms with Crippen molar-refractivity contribution in [1.29, 1.82) is 0 Å². The van der Waals surface area contributed by atoms with Gasteiger partial charge in [-0.15, -0.1) is 0 Å². The molecule has 0 radical (unpaired) electrons. The van der Waals surface area contributed by atoms with Crippen molar-refractivity contribution in [3.05, 3.63) is 29.6 Å². The van der Waals surface area contributed by atoms with E-state index >= 15 is 0 Å². The number of hydrogen-bond donors (Lipinski definition) is 2. The Morgan fingerprint density at radius 1 is 1.43 bits per heavy atom. The van der Waals surface area contributed by atoms with Crippen LogP contribution in [0.2, 0.25) is 0 Å². The van der Waals surface area contributed by atoms with Crippen LogP contribution in [0.15, 0.2) is 18.2 Å². The van der Waals surface area contributed by atoms with E-state index in [9.17, 15) is 14.3 Å². The first-order chi connectivity index (χ1) is 9.96. The van der Waals surface area contributed by atoms with Gasteiger partial charge in [-0.25, -0.2) is 4.39 Å². The molecule has 1 aromatic carbocycles. The number of hydrogen-bond acceptors (Lipinski definition) is 3. The molecule has 1 unspecified atom stereocenters. The highest BCUT2D eigenvalue weighted by molar-refractivity contribution is 5.67. The van der Waals surface area contributed by atoms with Gasteiger partial charge in [-0.2, -0.15) is 0 Å². The number of aliphatic hydroxyl groups is 1. The normalized spacial score (nSPS) is 18.4. The summed E-state index contributed by atoms with van der Waals surface area (Å²) in [4.78, 5) is 11.1. The van der Waals surface area contributed by atoms with Crippen LogP contribution in [0.25, 0.3) is 0 Å². The van der Waals surface area contributed by atoms with Crippen molar-refractivity contribution in [2.45, 2.75) is 44.6 Å². The molecule has 2 rings (SSSR count). The molecule has 1 fully saturated rings.